The summed E-state index contributed by atoms with van der Waals surface area (Å²) in [5.41, 5.74) is 1.11. The lowest BCUT2D eigenvalue weighted by molar-refractivity contribution is -0.126. The van der Waals surface area contributed by atoms with Gasteiger partial charge in [-0.05, 0) is 50.1 Å². The van der Waals surface area contributed by atoms with Crippen LogP contribution in [0.15, 0.2) is 77.4 Å². The van der Waals surface area contributed by atoms with Gasteiger partial charge in [0, 0.05) is 17.3 Å². The molecule has 8 heteroatoms. The van der Waals surface area contributed by atoms with Crippen LogP contribution < -0.4 is 20.3 Å². The van der Waals surface area contributed by atoms with Gasteiger partial charge in [0.05, 0.1) is 19.4 Å². The van der Waals surface area contributed by atoms with Crippen molar-refractivity contribution in [3.05, 3.63) is 84.3 Å². The van der Waals surface area contributed by atoms with Crippen molar-refractivity contribution in [3.63, 3.8) is 0 Å². The highest BCUT2D eigenvalue weighted by Crippen LogP contribution is 2.34. The summed E-state index contributed by atoms with van der Waals surface area (Å²) in [4.78, 5) is 41.4. The van der Waals surface area contributed by atoms with Crippen LogP contribution in [-0.4, -0.2) is 36.9 Å². The normalized spacial score (nSPS) is 14.1. The van der Waals surface area contributed by atoms with Gasteiger partial charge in [-0.2, -0.15) is 0 Å². The first-order valence-corrected chi connectivity index (χ1v) is 12.3. The van der Waals surface area contributed by atoms with Crippen LogP contribution in [0.25, 0.3) is 0 Å². The minimum absolute atomic E-state index is 0.0608. The Morgan fingerprint density at radius 1 is 1.00 bits per heavy atom. The SMILES string of the molecule is CCOc1ccccc1[C@@H](C(=O)NC1CCCC1)N(C(=O)CNC(=O)c1ccco1)c1ccccc1. The van der Waals surface area contributed by atoms with Crippen LogP contribution in [0.3, 0.4) is 0 Å². The van der Waals surface area contributed by atoms with Crippen molar-refractivity contribution < 1.29 is 23.5 Å². The van der Waals surface area contributed by atoms with Crippen LogP contribution >= 0.6 is 0 Å². The van der Waals surface area contributed by atoms with Crippen LogP contribution in [0.2, 0.25) is 0 Å². The second kappa shape index (κ2) is 12.1. The molecule has 1 aromatic heterocycles. The zero-order valence-electron chi connectivity index (χ0n) is 20.3. The fourth-order valence-electron chi connectivity index (χ4n) is 4.50. The highest BCUT2D eigenvalue weighted by atomic mass is 16.5. The Morgan fingerprint density at radius 3 is 2.42 bits per heavy atom. The maximum atomic E-state index is 13.8. The first-order valence-electron chi connectivity index (χ1n) is 12.3. The first kappa shape index (κ1) is 25.0. The van der Waals surface area contributed by atoms with E-state index in [0.717, 1.165) is 25.7 Å². The summed E-state index contributed by atoms with van der Waals surface area (Å²) in [5.74, 6) is -0.614. The number of hydrogen-bond acceptors (Lipinski definition) is 5. The van der Waals surface area contributed by atoms with Gasteiger partial charge in [0.25, 0.3) is 5.91 Å². The van der Waals surface area contributed by atoms with Crippen molar-refractivity contribution in [2.75, 3.05) is 18.1 Å². The topological polar surface area (TPSA) is 101 Å². The molecular formula is C28H31N3O5. The lowest BCUT2D eigenvalue weighted by atomic mass is 10.0. The van der Waals surface area contributed by atoms with Crippen LogP contribution in [0.4, 0.5) is 5.69 Å². The van der Waals surface area contributed by atoms with E-state index in [1.165, 1.54) is 17.2 Å². The summed E-state index contributed by atoms with van der Waals surface area (Å²) in [5, 5.41) is 5.75. The number of nitrogens with one attached hydrogen (secondary N) is 2. The average Bonchev–Trinajstić information content (AvgIpc) is 3.62. The number of amides is 3. The molecule has 1 fully saturated rings. The van der Waals surface area contributed by atoms with Gasteiger partial charge >= 0.3 is 0 Å². The van der Waals surface area contributed by atoms with Crippen LogP contribution in [0, 0.1) is 0 Å². The quantitative estimate of drug-likeness (QED) is 0.444. The third-order valence-corrected chi connectivity index (χ3v) is 6.17. The summed E-state index contributed by atoms with van der Waals surface area (Å²) in [6, 6.07) is 18.4. The zero-order chi connectivity index (χ0) is 25.3. The van der Waals surface area contributed by atoms with E-state index in [4.69, 9.17) is 9.15 Å². The summed E-state index contributed by atoms with van der Waals surface area (Å²) in [6.45, 7) is 1.96. The molecule has 1 aliphatic carbocycles. The van der Waals surface area contributed by atoms with Crippen molar-refractivity contribution in [2.45, 2.75) is 44.7 Å². The van der Waals surface area contributed by atoms with E-state index in [9.17, 15) is 14.4 Å². The molecule has 4 rings (SSSR count). The number of nitrogens with zero attached hydrogens (tertiary/aromatic N) is 1. The Balaban J connectivity index is 1.70. The maximum absolute atomic E-state index is 13.8. The third-order valence-electron chi connectivity index (χ3n) is 6.17. The Hall–Kier alpha value is -4.07. The number of hydrogen-bond donors (Lipinski definition) is 2. The number of para-hydroxylation sites is 2. The van der Waals surface area contributed by atoms with E-state index in [0.29, 0.717) is 23.6 Å². The van der Waals surface area contributed by atoms with E-state index in [-0.39, 0.29) is 24.3 Å². The lowest BCUT2D eigenvalue weighted by Crippen LogP contribution is -2.49. The number of rotatable bonds is 10. The first-order chi connectivity index (χ1) is 17.6. The van der Waals surface area contributed by atoms with Crippen LogP contribution in [0.1, 0.15) is 54.8 Å². The zero-order valence-corrected chi connectivity index (χ0v) is 20.3. The van der Waals surface area contributed by atoms with Gasteiger partial charge in [0.1, 0.15) is 11.8 Å². The van der Waals surface area contributed by atoms with E-state index >= 15 is 0 Å². The second-order valence-electron chi connectivity index (χ2n) is 8.62. The lowest BCUT2D eigenvalue weighted by Gasteiger charge is -2.33. The third kappa shape index (κ3) is 5.94. The van der Waals surface area contributed by atoms with Crippen molar-refractivity contribution in [2.24, 2.45) is 0 Å². The predicted molar refractivity (Wildman–Crippen MR) is 136 cm³/mol. The summed E-state index contributed by atoms with van der Waals surface area (Å²) < 4.78 is 11.0. The number of benzene rings is 2. The van der Waals surface area contributed by atoms with Gasteiger partial charge in [-0.1, -0.05) is 49.2 Å². The molecule has 0 bridgehead atoms. The molecule has 36 heavy (non-hydrogen) atoms. The van der Waals surface area contributed by atoms with Crippen molar-refractivity contribution >= 4 is 23.4 Å². The van der Waals surface area contributed by atoms with Gasteiger partial charge in [0.15, 0.2) is 5.76 Å². The van der Waals surface area contributed by atoms with Gasteiger partial charge < -0.3 is 19.8 Å². The minimum Gasteiger partial charge on any atom is -0.493 e. The molecule has 2 N–H and O–H groups in total. The standard InChI is InChI=1S/C28H31N3O5/c1-2-35-23-16-9-8-15-22(23)26(28(34)30-20-11-6-7-12-20)31(21-13-4-3-5-14-21)25(32)19-29-27(33)24-17-10-18-36-24/h3-5,8-10,13-18,20,26H,2,6-7,11-12,19H2,1H3,(H,29,33)(H,30,34)/t26-/m0/s1. The molecule has 8 nitrogen and oxygen atoms in total. The number of ether oxygens (including phenoxy) is 1. The van der Waals surface area contributed by atoms with E-state index in [2.05, 4.69) is 10.6 Å². The highest BCUT2D eigenvalue weighted by molar-refractivity contribution is 6.04. The Labute approximate surface area is 210 Å². The Morgan fingerprint density at radius 2 is 1.72 bits per heavy atom. The molecule has 1 heterocycles. The number of carbonyl (C=O) groups excluding carboxylic acids is 3. The second-order valence-corrected chi connectivity index (χ2v) is 8.62. The van der Waals surface area contributed by atoms with Crippen molar-refractivity contribution in [1.29, 1.82) is 0 Å². The minimum atomic E-state index is -0.997. The molecule has 0 saturated heterocycles. The monoisotopic (exact) mass is 489 g/mol. The molecule has 2 aromatic carbocycles. The maximum Gasteiger partial charge on any atom is 0.287 e. The molecule has 1 saturated carbocycles. The summed E-state index contributed by atoms with van der Waals surface area (Å²) >= 11 is 0. The smallest absolute Gasteiger partial charge is 0.287 e. The molecule has 3 amide bonds. The summed E-state index contributed by atoms with van der Waals surface area (Å²) in [7, 11) is 0. The average molecular weight is 490 g/mol. The number of carbonyl (C=O) groups is 3. The van der Waals surface area contributed by atoms with Crippen LogP contribution in [0.5, 0.6) is 5.75 Å². The molecule has 0 spiro atoms. The summed E-state index contributed by atoms with van der Waals surface area (Å²) in [6.07, 6.45) is 5.33. The Bertz CT molecular complexity index is 1160. The van der Waals surface area contributed by atoms with Crippen LogP contribution in [-0.2, 0) is 9.59 Å². The number of anilines is 1. The molecule has 0 aliphatic heterocycles. The molecule has 3 aromatic rings. The number of furan rings is 1. The molecule has 0 unspecified atom stereocenters. The van der Waals surface area contributed by atoms with E-state index in [1.54, 1.807) is 42.5 Å². The molecular weight excluding hydrogens is 458 g/mol. The fourth-order valence-corrected chi connectivity index (χ4v) is 4.50. The molecule has 1 atom stereocenters. The van der Waals surface area contributed by atoms with E-state index in [1.807, 2.05) is 25.1 Å². The van der Waals surface area contributed by atoms with Gasteiger partial charge in [-0.25, -0.2) is 0 Å². The van der Waals surface area contributed by atoms with Gasteiger partial charge in [-0.15, -0.1) is 0 Å². The molecule has 0 radical (unpaired) electrons. The van der Waals surface area contributed by atoms with Crippen molar-refractivity contribution in [3.8, 4) is 5.75 Å². The molecule has 1 aliphatic rings. The van der Waals surface area contributed by atoms with Gasteiger partial charge in [-0.3, -0.25) is 19.3 Å². The predicted octanol–water partition coefficient (Wildman–Crippen LogP) is 4.24. The van der Waals surface area contributed by atoms with E-state index < -0.39 is 17.9 Å². The highest BCUT2D eigenvalue weighted by Gasteiger charge is 2.36. The fraction of sp³-hybridized carbons (Fsp3) is 0.321. The largest absolute Gasteiger partial charge is 0.493 e. The van der Waals surface area contributed by atoms with Crippen molar-refractivity contribution in [1.82, 2.24) is 10.6 Å². The molecule has 188 valence electrons. The Kier molecular flexibility index (Phi) is 8.39. The van der Waals surface area contributed by atoms with Gasteiger partial charge in [0.2, 0.25) is 11.8 Å².